The molecule has 2 atom stereocenters. The van der Waals surface area contributed by atoms with Crippen LogP contribution in [-0.4, -0.2) is 24.0 Å². The van der Waals surface area contributed by atoms with Crippen molar-refractivity contribution in [2.24, 2.45) is 11.7 Å². The zero-order valence-corrected chi connectivity index (χ0v) is 13.7. The smallest absolute Gasteiger partial charge is 0.0507 e. The third-order valence-corrected chi connectivity index (χ3v) is 4.91. The first-order chi connectivity index (χ1) is 9.17. The molecular weight excluding hydrogens is 252 g/mol. The van der Waals surface area contributed by atoms with Crippen LogP contribution in [0, 0.1) is 5.92 Å². The van der Waals surface area contributed by atoms with E-state index in [0.717, 1.165) is 25.4 Å². The van der Waals surface area contributed by atoms with E-state index in [4.69, 9.17) is 5.73 Å². The summed E-state index contributed by atoms with van der Waals surface area (Å²) in [6.07, 6.45) is 3.54. The van der Waals surface area contributed by atoms with E-state index in [0.29, 0.717) is 6.04 Å². The van der Waals surface area contributed by atoms with Crippen LogP contribution < -0.4 is 5.73 Å². The maximum Gasteiger partial charge on any atom is 0.0507 e. The summed E-state index contributed by atoms with van der Waals surface area (Å²) in [5, 5.41) is 4.42. The van der Waals surface area contributed by atoms with Crippen molar-refractivity contribution >= 4 is 11.3 Å². The Morgan fingerprint density at radius 1 is 1.16 bits per heavy atom. The quantitative estimate of drug-likeness (QED) is 0.732. The summed E-state index contributed by atoms with van der Waals surface area (Å²) < 4.78 is 0. The molecule has 1 aromatic rings. The molecule has 0 amide bonds. The third-order valence-electron chi connectivity index (χ3n) is 4.21. The summed E-state index contributed by atoms with van der Waals surface area (Å²) in [4.78, 5) is 2.58. The lowest BCUT2D eigenvalue weighted by Gasteiger charge is -2.36. The lowest BCUT2D eigenvalue weighted by Crippen LogP contribution is -2.42. The second kappa shape index (κ2) is 8.72. The topological polar surface area (TPSA) is 29.3 Å². The van der Waals surface area contributed by atoms with Gasteiger partial charge in [0.05, 0.1) is 6.04 Å². The summed E-state index contributed by atoms with van der Waals surface area (Å²) in [7, 11) is 0. The monoisotopic (exact) mass is 282 g/mol. The predicted molar refractivity (Wildman–Crippen MR) is 86.6 cm³/mol. The molecule has 0 saturated carbocycles. The van der Waals surface area contributed by atoms with Crippen LogP contribution in [0.2, 0.25) is 0 Å². The van der Waals surface area contributed by atoms with Crippen molar-refractivity contribution in [2.45, 2.75) is 59.0 Å². The normalized spacial score (nSPS) is 15.1. The summed E-state index contributed by atoms with van der Waals surface area (Å²) >= 11 is 1.77. The van der Waals surface area contributed by atoms with E-state index in [1.807, 2.05) is 0 Å². The van der Waals surface area contributed by atoms with Gasteiger partial charge in [0.1, 0.15) is 0 Å². The fraction of sp³-hybridized carbons (Fsp3) is 0.750. The Hall–Kier alpha value is -0.380. The minimum Gasteiger partial charge on any atom is -0.326 e. The first-order valence-corrected chi connectivity index (χ1v) is 8.63. The SMILES string of the molecule is CCC(CC)CN(CC)C(c1ccsc1)C(N)CC. The summed E-state index contributed by atoms with van der Waals surface area (Å²) in [6, 6.07) is 2.84. The molecule has 2 unspecified atom stereocenters. The van der Waals surface area contributed by atoms with Crippen LogP contribution >= 0.6 is 11.3 Å². The lowest BCUT2D eigenvalue weighted by molar-refractivity contribution is 0.147. The highest BCUT2D eigenvalue weighted by molar-refractivity contribution is 7.07. The van der Waals surface area contributed by atoms with Gasteiger partial charge in [0.25, 0.3) is 0 Å². The fourth-order valence-corrected chi connectivity index (χ4v) is 3.40. The summed E-state index contributed by atoms with van der Waals surface area (Å²) in [6.45, 7) is 11.3. The van der Waals surface area contributed by atoms with E-state index in [9.17, 15) is 0 Å². The molecule has 0 aliphatic heterocycles. The minimum atomic E-state index is 0.226. The van der Waals surface area contributed by atoms with E-state index in [-0.39, 0.29) is 6.04 Å². The molecule has 1 rings (SSSR count). The molecule has 0 saturated heterocycles. The van der Waals surface area contributed by atoms with Crippen LogP contribution in [0.1, 0.15) is 58.6 Å². The van der Waals surface area contributed by atoms with E-state index in [1.165, 1.54) is 18.4 Å². The van der Waals surface area contributed by atoms with Gasteiger partial charge < -0.3 is 5.73 Å². The number of hydrogen-bond donors (Lipinski definition) is 1. The largest absolute Gasteiger partial charge is 0.326 e. The average molecular weight is 282 g/mol. The third kappa shape index (κ3) is 4.59. The zero-order valence-electron chi connectivity index (χ0n) is 12.9. The molecule has 19 heavy (non-hydrogen) atoms. The standard InChI is InChI=1S/C16H30N2S/c1-5-13(6-2)11-18(8-4)16(15(17)7-3)14-9-10-19-12-14/h9-10,12-13,15-16H,5-8,11,17H2,1-4H3. The van der Waals surface area contributed by atoms with E-state index >= 15 is 0 Å². The van der Waals surface area contributed by atoms with Gasteiger partial charge in [0.2, 0.25) is 0 Å². The second-order valence-corrected chi connectivity index (χ2v) is 6.12. The van der Waals surface area contributed by atoms with Gasteiger partial charge in [-0.15, -0.1) is 0 Å². The van der Waals surface area contributed by atoms with Gasteiger partial charge in [-0.1, -0.05) is 40.5 Å². The van der Waals surface area contributed by atoms with Crippen molar-refractivity contribution in [3.63, 3.8) is 0 Å². The van der Waals surface area contributed by atoms with Crippen LogP contribution in [-0.2, 0) is 0 Å². The molecule has 0 aliphatic rings. The maximum absolute atomic E-state index is 6.41. The molecule has 0 radical (unpaired) electrons. The molecule has 0 fully saturated rings. The Morgan fingerprint density at radius 3 is 2.26 bits per heavy atom. The molecule has 1 heterocycles. The molecule has 0 aliphatic carbocycles. The number of rotatable bonds is 9. The number of nitrogens with zero attached hydrogens (tertiary/aromatic N) is 1. The average Bonchev–Trinajstić information content (AvgIpc) is 2.96. The molecule has 0 spiro atoms. The zero-order chi connectivity index (χ0) is 14.3. The highest BCUT2D eigenvalue weighted by Crippen LogP contribution is 2.28. The minimum absolute atomic E-state index is 0.226. The van der Waals surface area contributed by atoms with Crippen molar-refractivity contribution in [3.8, 4) is 0 Å². The van der Waals surface area contributed by atoms with Crippen LogP contribution in [0.4, 0.5) is 0 Å². The molecule has 0 aromatic carbocycles. The number of thiophene rings is 1. The Labute approximate surface area is 123 Å². The highest BCUT2D eigenvalue weighted by Gasteiger charge is 2.26. The molecular formula is C16H30N2S. The van der Waals surface area contributed by atoms with Gasteiger partial charge >= 0.3 is 0 Å². The molecule has 2 nitrogen and oxygen atoms in total. The van der Waals surface area contributed by atoms with Crippen molar-refractivity contribution < 1.29 is 0 Å². The Morgan fingerprint density at radius 2 is 1.84 bits per heavy atom. The molecule has 3 heteroatoms. The highest BCUT2D eigenvalue weighted by atomic mass is 32.1. The first kappa shape index (κ1) is 16.7. The molecule has 1 aromatic heterocycles. The van der Waals surface area contributed by atoms with Gasteiger partial charge in [0.15, 0.2) is 0 Å². The summed E-state index contributed by atoms with van der Waals surface area (Å²) in [5.74, 6) is 0.783. The second-order valence-electron chi connectivity index (χ2n) is 5.34. The van der Waals surface area contributed by atoms with Gasteiger partial charge in [-0.2, -0.15) is 11.3 Å². The maximum atomic E-state index is 6.41. The fourth-order valence-electron chi connectivity index (χ4n) is 2.71. The van der Waals surface area contributed by atoms with E-state index in [2.05, 4.69) is 49.4 Å². The van der Waals surface area contributed by atoms with Crippen LogP contribution in [0.15, 0.2) is 16.8 Å². The van der Waals surface area contributed by atoms with Gasteiger partial charge in [-0.25, -0.2) is 0 Å². The van der Waals surface area contributed by atoms with Crippen LogP contribution in [0.3, 0.4) is 0 Å². The van der Waals surface area contributed by atoms with Crippen molar-refractivity contribution in [1.29, 1.82) is 0 Å². The first-order valence-electron chi connectivity index (χ1n) is 7.69. The van der Waals surface area contributed by atoms with Gasteiger partial charge in [-0.05, 0) is 41.3 Å². The predicted octanol–water partition coefficient (Wildman–Crippen LogP) is 4.28. The van der Waals surface area contributed by atoms with Crippen molar-refractivity contribution in [1.82, 2.24) is 4.90 Å². The number of nitrogens with two attached hydrogens (primary N) is 1. The molecule has 0 bridgehead atoms. The Bertz CT molecular complexity index is 319. The molecule has 110 valence electrons. The van der Waals surface area contributed by atoms with Crippen LogP contribution in [0.25, 0.3) is 0 Å². The number of hydrogen-bond acceptors (Lipinski definition) is 3. The van der Waals surface area contributed by atoms with E-state index < -0.39 is 0 Å². The summed E-state index contributed by atoms with van der Waals surface area (Å²) in [5.41, 5.74) is 7.80. The van der Waals surface area contributed by atoms with Crippen LogP contribution in [0.5, 0.6) is 0 Å². The molecule has 2 N–H and O–H groups in total. The van der Waals surface area contributed by atoms with E-state index in [1.54, 1.807) is 11.3 Å². The van der Waals surface area contributed by atoms with Gasteiger partial charge in [0, 0.05) is 12.6 Å². The van der Waals surface area contributed by atoms with Crippen molar-refractivity contribution in [2.75, 3.05) is 13.1 Å². The Kier molecular flexibility index (Phi) is 7.66. The number of likely N-dealkylation sites (N-methyl/N-ethyl adjacent to an activating group) is 1. The van der Waals surface area contributed by atoms with Crippen molar-refractivity contribution in [3.05, 3.63) is 22.4 Å². The lowest BCUT2D eigenvalue weighted by atomic mass is 9.95. The van der Waals surface area contributed by atoms with Gasteiger partial charge in [-0.3, -0.25) is 4.90 Å². The Balaban J connectivity index is 2.87.